The first-order chi connectivity index (χ1) is 15.6. The second-order valence-electron chi connectivity index (χ2n) is 8.88. The van der Waals surface area contributed by atoms with Crippen molar-refractivity contribution < 1.29 is 28.5 Å². The molecule has 2 aliphatic heterocycles. The van der Waals surface area contributed by atoms with Gasteiger partial charge in [0.25, 0.3) is 0 Å². The molecule has 5 atom stereocenters. The van der Waals surface area contributed by atoms with Gasteiger partial charge in [-0.25, -0.2) is 0 Å². The predicted octanol–water partition coefficient (Wildman–Crippen LogP) is 2.54. The minimum atomic E-state index is -0.690. The third-order valence-electron chi connectivity index (χ3n) is 6.80. The number of amides is 2. The van der Waals surface area contributed by atoms with Crippen molar-refractivity contribution in [1.29, 1.82) is 0 Å². The summed E-state index contributed by atoms with van der Waals surface area (Å²) in [5, 5.41) is 6.01. The van der Waals surface area contributed by atoms with Gasteiger partial charge < -0.3 is 29.6 Å². The van der Waals surface area contributed by atoms with Gasteiger partial charge in [0.1, 0.15) is 12.0 Å². The Balaban J connectivity index is 1.34. The van der Waals surface area contributed by atoms with E-state index >= 15 is 0 Å². The van der Waals surface area contributed by atoms with Crippen LogP contribution in [0.2, 0.25) is 0 Å². The molecule has 1 aromatic carbocycles. The number of carbonyl (C=O) groups excluding carboxylic acids is 2. The summed E-state index contributed by atoms with van der Waals surface area (Å²) in [4.78, 5) is 25.7. The highest BCUT2D eigenvalue weighted by Gasteiger charge is 2.47. The number of benzene rings is 1. The van der Waals surface area contributed by atoms with Crippen LogP contribution in [-0.2, 0) is 25.6 Å². The number of rotatable bonds is 9. The lowest BCUT2D eigenvalue weighted by Gasteiger charge is -2.46. The summed E-state index contributed by atoms with van der Waals surface area (Å²) in [6, 6.07) is 5.46. The molecule has 5 unspecified atom stereocenters. The van der Waals surface area contributed by atoms with Gasteiger partial charge in [0.05, 0.1) is 12.1 Å². The van der Waals surface area contributed by atoms with Crippen LogP contribution in [-0.4, -0.2) is 50.6 Å². The van der Waals surface area contributed by atoms with Gasteiger partial charge in [-0.3, -0.25) is 9.59 Å². The molecule has 32 heavy (non-hydrogen) atoms. The minimum Gasteiger partial charge on any atom is -0.454 e. The number of carbonyl (C=O) groups is 2. The summed E-state index contributed by atoms with van der Waals surface area (Å²) in [6.45, 7) is 3.37. The zero-order valence-corrected chi connectivity index (χ0v) is 18.9. The Bertz CT molecular complexity index is 816. The molecule has 1 aromatic rings. The lowest BCUT2D eigenvalue weighted by Crippen LogP contribution is -2.62. The van der Waals surface area contributed by atoms with Crippen molar-refractivity contribution in [3.05, 3.63) is 23.8 Å². The zero-order valence-electron chi connectivity index (χ0n) is 18.9. The molecule has 8 nitrogen and oxygen atoms in total. The SMILES string of the molecule is CCCCCOC1C(OC)CCC2CC(C(=O)NCc3ccc4c(c3)OCO4)C(=O)NC21. The second kappa shape index (κ2) is 10.5. The number of hydrogen-bond donors (Lipinski definition) is 2. The normalized spacial score (nSPS) is 28.7. The highest BCUT2D eigenvalue weighted by molar-refractivity contribution is 6.01. The summed E-state index contributed by atoms with van der Waals surface area (Å²) in [7, 11) is 1.70. The zero-order chi connectivity index (χ0) is 22.5. The van der Waals surface area contributed by atoms with Crippen LogP contribution in [0.1, 0.15) is 51.0 Å². The van der Waals surface area contributed by atoms with Crippen LogP contribution < -0.4 is 20.1 Å². The first-order valence-electron chi connectivity index (χ1n) is 11.7. The van der Waals surface area contributed by atoms with Crippen LogP contribution in [0.3, 0.4) is 0 Å². The molecule has 4 rings (SSSR count). The van der Waals surface area contributed by atoms with Gasteiger partial charge in [-0.05, 0) is 49.3 Å². The molecule has 2 heterocycles. The molecule has 0 bridgehead atoms. The fraction of sp³-hybridized carbons (Fsp3) is 0.667. The van der Waals surface area contributed by atoms with E-state index in [0.29, 0.717) is 31.1 Å². The molecule has 3 aliphatic rings. The number of piperidine rings is 1. The molecule has 2 amide bonds. The van der Waals surface area contributed by atoms with Crippen molar-refractivity contribution in [2.24, 2.45) is 11.8 Å². The molecule has 0 radical (unpaired) electrons. The molecule has 2 fully saturated rings. The van der Waals surface area contributed by atoms with Gasteiger partial charge in [-0.1, -0.05) is 25.8 Å². The van der Waals surface area contributed by atoms with E-state index in [1.54, 1.807) is 7.11 Å². The molecule has 1 saturated heterocycles. The number of methoxy groups -OCH3 is 1. The van der Waals surface area contributed by atoms with Crippen LogP contribution in [0.25, 0.3) is 0 Å². The predicted molar refractivity (Wildman–Crippen MR) is 117 cm³/mol. The second-order valence-corrected chi connectivity index (χ2v) is 8.88. The van der Waals surface area contributed by atoms with E-state index in [4.69, 9.17) is 18.9 Å². The lowest BCUT2D eigenvalue weighted by molar-refractivity contribution is -0.149. The Morgan fingerprint density at radius 2 is 2.06 bits per heavy atom. The lowest BCUT2D eigenvalue weighted by atomic mass is 9.73. The van der Waals surface area contributed by atoms with Gasteiger partial charge in [0, 0.05) is 20.3 Å². The van der Waals surface area contributed by atoms with Crippen LogP contribution in [0.15, 0.2) is 18.2 Å². The summed E-state index contributed by atoms with van der Waals surface area (Å²) in [6.07, 6.45) is 5.37. The number of unbranched alkanes of at least 4 members (excludes halogenated alkanes) is 2. The van der Waals surface area contributed by atoms with E-state index in [0.717, 1.165) is 37.7 Å². The van der Waals surface area contributed by atoms with Crippen LogP contribution in [0.5, 0.6) is 11.5 Å². The van der Waals surface area contributed by atoms with E-state index in [2.05, 4.69) is 17.6 Å². The largest absolute Gasteiger partial charge is 0.454 e. The molecule has 8 heteroatoms. The van der Waals surface area contributed by atoms with Gasteiger partial charge in [-0.15, -0.1) is 0 Å². The third kappa shape index (κ3) is 5.02. The summed E-state index contributed by atoms with van der Waals surface area (Å²) >= 11 is 0. The summed E-state index contributed by atoms with van der Waals surface area (Å²) in [5.74, 6) is 0.425. The van der Waals surface area contributed by atoms with Gasteiger partial charge in [0.15, 0.2) is 11.5 Å². The third-order valence-corrected chi connectivity index (χ3v) is 6.80. The van der Waals surface area contributed by atoms with Crippen molar-refractivity contribution >= 4 is 11.8 Å². The highest BCUT2D eigenvalue weighted by Crippen LogP contribution is 2.36. The van der Waals surface area contributed by atoms with Gasteiger partial charge in [-0.2, -0.15) is 0 Å². The van der Waals surface area contributed by atoms with Crippen molar-refractivity contribution in [2.45, 2.75) is 70.2 Å². The Kier molecular flexibility index (Phi) is 7.52. The smallest absolute Gasteiger partial charge is 0.232 e. The van der Waals surface area contributed by atoms with Crippen molar-refractivity contribution in [3.8, 4) is 11.5 Å². The molecular weight excluding hydrogens is 412 g/mol. The Morgan fingerprint density at radius 3 is 2.88 bits per heavy atom. The van der Waals surface area contributed by atoms with Crippen molar-refractivity contribution in [3.63, 3.8) is 0 Å². The quantitative estimate of drug-likeness (QED) is 0.447. The maximum atomic E-state index is 12.9. The Morgan fingerprint density at radius 1 is 1.22 bits per heavy atom. The molecule has 1 saturated carbocycles. The maximum absolute atomic E-state index is 12.9. The molecule has 0 spiro atoms. The topological polar surface area (TPSA) is 95.1 Å². The summed E-state index contributed by atoms with van der Waals surface area (Å²) in [5.41, 5.74) is 0.901. The van der Waals surface area contributed by atoms with Gasteiger partial charge in [0.2, 0.25) is 18.6 Å². The van der Waals surface area contributed by atoms with E-state index in [-0.39, 0.29) is 42.8 Å². The molecule has 176 valence electrons. The number of hydrogen-bond acceptors (Lipinski definition) is 6. The average molecular weight is 447 g/mol. The highest BCUT2D eigenvalue weighted by atomic mass is 16.7. The minimum absolute atomic E-state index is 0.0328. The Hall–Kier alpha value is -2.32. The number of nitrogens with one attached hydrogen (secondary N) is 2. The summed E-state index contributed by atoms with van der Waals surface area (Å²) < 4.78 is 22.5. The number of fused-ring (bicyclic) bond motifs is 2. The molecular formula is C24H34N2O6. The standard InChI is InChI=1S/C24H34N2O6/c1-3-4-5-10-30-22-19(29-2)9-7-16-12-17(24(28)26-21(16)22)23(27)25-13-15-6-8-18-20(11-15)32-14-31-18/h6,8,11,16-17,19,21-22H,3-5,7,9-10,12-14H2,1-2H3,(H,25,27)(H,26,28). The maximum Gasteiger partial charge on any atom is 0.232 e. The first kappa shape index (κ1) is 22.9. The van der Waals surface area contributed by atoms with Gasteiger partial charge >= 0.3 is 0 Å². The van der Waals surface area contributed by atoms with E-state index in [1.807, 2.05) is 18.2 Å². The molecule has 2 N–H and O–H groups in total. The van der Waals surface area contributed by atoms with Crippen LogP contribution in [0.4, 0.5) is 0 Å². The molecule has 0 aromatic heterocycles. The van der Waals surface area contributed by atoms with E-state index in [1.165, 1.54) is 0 Å². The average Bonchev–Trinajstić information content (AvgIpc) is 3.28. The Labute approximate surface area is 189 Å². The monoisotopic (exact) mass is 446 g/mol. The van der Waals surface area contributed by atoms with Crippen molar-refractivity contribution in [1.82, 2.24) is 10.6 Å². The number of ether oxygens (including phenoxy) is 4. The van der Waals surface area contributed by atoms with Crippen LogP contribution >= 0.6 is 0 Å². The fourth-order valence-corrected chi connectivity index (χ4v) is 4.98. The van der Waals surface area contributed by atoms with E-state index in [9.17, 15) is 9.59 Å². The molecule has 1 aliphatic carbocycles. The first-order valence-corrected chi connectivity index (χ1v) is 11.7. The van der Waals surface area contributed by atoms with E-state index < -0.39 is 5.92 Å². The fourth-order valence-electron chi connectivity index (χ4n) is 4.98. The van der Waals surface area contributed by atoms with Crippen LogP contribution in [0, 0.1) is 11.8 Å². The van der Waals surface area contributed by atoms with Crippen molar-refractivity contribution in [2.75, 3.05) is 20.5 Å².